The first-order valence-electron chi connectivity index (χ1n) is 12.4. The predicted octanol–water partition coefficient (Wildman–Crippen LogP) is 4.59. The van der Waals surface area contributed by atoms with Gasteiger partial charge in [0.15, 0.2) is 0 Å². The molecule has 37 heavy (non-hydrogen) atoms. The van der Waals surface area contributed by atoms with Crippen molar-refractivity contribution >= 4 is 23.6 Å². The Kier molecular flexibility index (Phi) is 6.02. The van der Waals surface area contributed by atoms with E-state index in [-0.39, 0.29) is 11.8 Å². The second-order valence-corrected chi connectivity index (χ2v) is 9.23. The normalized spacial score (nSPS) is 14.4. The van der Waals surface area contributed by atoms with Crippen LogP contribution in [0.3, 0.4) is 0 Å². The van der Waals surface area contributed by atoms with Crippen LogP contribution in [0.4, 0.5) is 5.69 Å². The summed E-state index contributed by atoms with van der Waals surface area (Å²) in [5, 5.41) is 2.96. The van der Waals surface area contributed by atoms with Gasteiger partial charge in [0, 0.05) is 72.1 Å². The molecule has 0 atom stereocenters. The second kappa shape index (κ2) is 9.78. The molecule has 2 aliphatic rings. The summed E-state index contributed by atoms with van der Waals surface area (Å²) in [6, 6.07) is 17.8. The van der Waals surface area contributed by atoms with Crippen molar-refractivity contribution in [2.75, 3.05) is 11.4 Å². The SMILES string of the molecule is O=C(NCc1ccccn1)C1=Cc2c(-c3cncc(-c4ccc(N5CCCC5=O)cc4)c3)ccnc2C1. The molecule has 7 heteroatoms. The molecule has 3 aromatic heterocycles. The lowest BCUT2D eigenvalue weighted by Gasteiger charge is -2.16. The van der Waals surface area contributed by atoms with E-state index in [0.717, 1.165) is 57.9 Å². The van der Waals surface area contributed by atoms with Gasteiger partial charge in [-0.2, -0.15) is 0 Å². The Labute approximate surface area is 214 Å². The Morgan fingerprint density at radius 3 is 2.59 bits per heavy atom. The van der Waals surface area contributed by atoms with Crippen molar-refractivity contribution in [2.24, 2.45) is 0 Å². The predicted molar refractivity (Wildman–Crippen MR) is 142 cm³/mol. The van der Waals surface area contributed by atoms with E-state index in [1.807, 2.05) is 71.9 Å². The first kappa shape index (κ1) is 22.8. The smallest absolute Gasteiger partial charge is 0.247 e. The Bertz CT molecular complexity index is 1510. The monoisotopic (exact) mass is 487 g/mol. The molecule has 1 aliphatic carbocycles. The molecule has 1 fully saturated rings. The third-order valence-corrected chi connectivity index (χ3v) is 6.83. The zero-order valence-electron chi connectivity index (χ0n) is 20.2. The van der Waals surface area contributed by atoms with Gasteiger partial charge in [-0.05, 0) is 60.0 Å². The number of carbonyl (C=O) groups is 2. The van der Waals surface area contributed by atoms with Crippen LogP contribution in [0.25, 0.3) is 28.3 Å². The van der Waals surface area contributed by atoms with Crippen LogP contribution in [-0.2, 0) is 22.6 Å². The largest absolute Gasteiger partial charge is 0.347 e. The summed E-state index contributed by atoms with van der Waals surface area (Å²) in [5.41, 5.74) is 8.22. The Balaban J connectivity index is 1.23. The highest BCUT2D eigenvalue weighted by Crippen LogP contribution is 2.34. The molecule has 1 aromatic carbocycles. The first-order valence-corrected chi connectivity index (χ1v) is 12.4. The number of carbonyl (C=O) groups excluding carboxylic acids is 2. The van der Waals surface area contributed by atoms with Crippen LogP contribution in [-0.4, -0.2) is 33.3 Å². The maximum absolute atomic E-state index is 12.8. The summed E-state index contributed by atoms with van der Waals surface area (Å²) in [5.74, 6) is 0.0684. The van der Waals surface area contributed by atoms with Crippen molar-refractivity contribution in [1.29, 1.82) is 0 Å². The molecule has 1 saturated heterocycles. The van der Waals surface area contributed by atoms with Crippen LogP contribution in [0.15, 0.2) is 85.0 Å². The Morgan fingerprint density at radius 2 is 1.81 bits per heavy atom. The highest BCUT2D eigenvalue weighted by atomic mass is 16.2. The number of aromatic nitrogens is 3. The van der Waals surface area contributed by atoms with Gasteiger partial charge >= 0.3 is 0 Å². The van der Waals surface area contributed by atoms with E-state index < -0.39 is 0 Å². The molecule has 1 N–H and O–H groups in total. The standard InChI is InChI=1S/C30H25N5O2/c36-29-5-3-13-35(29)25-8-6-20(7-9-25)22-14-23(18-31-17-22)26-10-12-33-28-16-21(15-27(26)28)30(37)34-19-24-4-1-2-11-32-24/h1-2,4,6-12,14-15,17-18H,3,5,13,16,19H2,(H,34,37). The minimum absolute atomic E-state index is 0.113. The minimum atomic E-state index is -0.113. The summed E-state index contributed by atoms with van der Waals surface area (Å²) in [6.07, 6.45) is 11.1. The molecule has 0 bridgehead atoms. The third-order valence-electron chi connectivity index (χ3n) is 6.83. The van der Waals surface area contributed by atoms with Gasteiger partial charge in [0.2, 0.25) is 11.8 Å². The van der Waals surface area contributed by atoms with Gasteiger partial charge in [-0.25, -0.2) is 0 Å². The molecule has 0 unspecified atom stereocenters. The lowest BCUT2D eigenvalue weighted by molar-refractivity contribution is -0.118. The van der Waals surface area contributed by atoms with Gasteiger partial charge in [-0.15, -0.1) is 0 Å². The van der Waals surface area contributed by atoms with Crippen molar-refractivity contribution in [3.63, 3.8) is 0 Å². The van der Waals surface area contributed by atoms with Gasteiger partial charge in [0.1, 0.15) is 0 Å². The molecule has 4 heterocycles. The van der Waals surface area contributed by atoms with Crippen LogP contribution in [0, 0.1) is 0 Å². The van der Waals surface area contributed by atoms with Gasteiger partial charge < -0.3 is 10.2 Å². The number of benzene rings is 1. The van der Waals surface area contributed by atoms with Crippen molar-refractivity contribution in [1.82, 2.24) is 20.3 Å². The van der Waals surface area contributed by atoms with Gasteiger partial charge in [-0.3, -0.25) is 24.5 Å². The van der Waals surface area contributed by atoms with Crippen LogP contribution < -0.4 is 10.2 Å². The topological polar surface area (TPSA) is 88.1 Å². The number of anilines is 1. The van der Waals surface area contributed by atoms with Crippen LogP contribution in [0.5, 0.6) is 0 Å². The number of pyridine rings is 3. The molecule has 7 nitrogen and oxygen atoms in total. The van der Waals surface area contributed by atoms with Crippen molar-refractivity contribution in [3.8, 4) is 22.3 Å². The molecule has 1 aliphatic heterocycles. The van der Waals surface area contributed by atoms with Crippen LogP contribution in [0.2, 0.25) is 0 Å². The molecule has 0 spiro atoms. The maximum Gasteiger partial charge on any atom is 0.247 e. The summed E-state index contributed by atoms with van der Waals surface area (Å²) in [7, 11) is 0. The number of rotatable bonds is 6. The average Bonchev–Trinajstić information content (AvgIpc) is 3.59. The molecule has 182 valence electrons. The number of nitrogens with one attached hydrogen (secondary N) is 1. The van der Waals surface area contributed by atoms with E-state index in [9.17, 15) is 9.59 Å². The van der Waals surface area contributed by atoms with Crippen molar-refractivity contribution < 1.29 is 9.59 Å². The maximum atomic E-state index is 12.8. The lowest BCUT2D eigenvalue weighted by Crippen LogP contribution is -2.24. The fraction of sp³-hybridized carbons (Fsp3) is 0.167. The summed E-state index contributed by atoms with van der Waals surface area (Å²) < 4.78 is 0. The van der Waals surface area contributed by atoms with E-state index in [1.54, 1.807) is 12.4 Å². The van der Waals surface area contributed by atoms with Crippen molar-refractivity contribution in [2.45, 2.75) is 25.8 Å². The lowest BCUT2D eigenvalue weighted by atomic mass is 9.98. The van der Waals surface area contributed by atoms with E-state index >= 15 is 0 Å². The van der Waals surface area contributed by atoms with Gasteiger partial charge in [0.25, 0.3) is 0 Å². The van der Waals surface area contributed by atoms with Gasteiger partial charge in [0.05, 0.1) is 17.9 Å². The molecule has 4 aromatic rings. The van der Waals surface area contributed by atoms with Crippen LogP contribution in [0.1, 0.15) is 29.8 Å². The first-order chi connectivity index (χ1) is 18.2. The molecule has 6 rings (SSSR count). The molecule has 0 saturated carbocycles. The van der Waals surface area contributed by atoms with E-state index in [2.05, 4.69) is 26.3 Å². The molecule has 0 radical (unpaired) electrons. The van der Waals surface area contributed by atoms with E-state index in [1.165, 1.54) is 0 Å². The third kappa shape index (κ3) is 4.63. The molecular weight excluding hydrogens is 462 g/mol. The van der Waals surface area contributed by atoms with Gasteiger partial charge in [-0.1, -0.05) is 18.2 Å². The Hall–Kier alpha value is -4.65. The highest BCUT2D eigenvalue weighted by Gasteiger charge is 2.23. The molecule has 2 amide bonds. The zero-order valence-corrected chi connectivity index (χ0v) is 20.2. The van der Waals surface area contributed by atoms with E-state index in [4.69, 9.17) is 0 Å². The quantitative estimate of drug-likeness (QED) is 0.430. The fourth-order valence-corrected chi connectivity index (χ4v) is 4.91. The molecular formula is C30H25N5O2. The zero-order chi connectivity index (χ0) is 25.2. The number of amides is 2. The number of hydrogen-bond acceptors (Lipinski definition) is 5. The van der Waals surface area contributed by atoms with Crippen molar-refractivity contribution in [3.05, 3.63) is 102 Å². The fourth-order valence-electron chi connectivity index (χ4n) is 4.91. The van der Waals surface area contributed by atoms with E-state index in [0.29, 0.717) is 25.0 Å². The summed E-state index contributed by atoms with van der Waals surface area (Å²) >= 11 is 0. The average molecular weight is 488 g/mol. The summed E-state index contributed by atoms with van der Waals surface area (Å²) in [4.78, 5) is 40.1. The highest BCUT2D eigenvalue weighted by molar-refractivity contribution is 6.01. The second-order valence-electron chi connectivity index (χ2n) is 9.23. The summed E-state index contributed by atoms with van der Waals surface area (Å²) in [6.45, 7) is 1.16. The Morgan fingerprint density at radius 1 is 0.946 bits per heavy atom. The minimum Gasteiger partial charge on any atom is -0.347 e. The van der Waals surface area contributed by atoms with Crippen LogP contribution >= 0.6 is 0 Å². The number of fused-ring (bicyclic) bond motifs is 1. The number of nitrogens with zero attached hydrogens (tertiary/aromatic N) is 4. The number of hydrogen-bond donors (Lipinski definition) is 1.